The van der Waals surface area contributed by atoms with Crippen LogP contribution in [-0.2, 0) is 16.0 Å². The minimum Gasteiger partial charge on any atom is -0.493 e. The van der Waals surface area contributed by atoms with Gasteiger partial charge in [-0.15, -0.1) is 0 Å². The molecule has 1 aromatic heterocycles. The molecule has 2 atom stereocenters. The Balaban J connectivity index is 1.71. The fourth-order valence-corrected chi connectivity index (χ4v) is 3.26. The first-order chi connectivity index (χ1) is 13.6. The highest BCUT2D eigenvalue weighted by molar-refractivity contribution is 5.91. The standard InChI is InChI=1S/C21H26N2O6/c1-12(11-16(19(24)25)23-20(26)29-21(2,3)4)28-18-15-5-6-17-14(8-10-27-17)13(15)7-9-22-18/h5-7,9,12,16H,8,10-11H2,1-4H3,(H,23,26)(H,24,25)/t12-,16-/m0/s1. The Hall–Kier alpha value is -3.03. The lowest BCUT2D eigenvalue weighted by Gasteiger charge is -2.23. The first kappa shape index (κ1) is 20.7. The molecule has 1 aromatic carbocycles. The Morgan fingerprint density at radius 2 is 2.03 bits per heavy atom. The van der Waals surface area contributed by atoms with Crippen LogP contribution in [0.4, 0.5) is 4.79 Å². The molecule has 0 radical (unpaired) electrons. The second kappa shape index (κ2) is 8.14. The fourth-order valence-electron chi connectivity index (χ4n) is 3.26. The highest BCUT2D eigenvalue weighted by Gasteiger charge is 2.27. The number of hydrogen-bond acceptors (Lipinski definition) is 6. The Morgan fingerprint density at radius 1 is 1.28 bits per heavy atom. The normalized spacial score (nSPS) is 15.2. The van der Waals surface area contributed by atoms with Crippen molar-refractivity contribution in [3.8, 4) is 11.6 Å². The number of nitrogens with zero attached hydrogens (tertiary/aromatic N) is 1. The number of benzene rings is 1. The number of nitrogens with one attached hydrogen (secondary N) is 1. The van der Waals surface area contributed by atoms with Crippen molar-refractivity contribution in [3.05, 3.63) is 30.0 Å². The van der Waals surface area contributed by atoms with Crippen LogP contribution in [0.15, 0.2) is 24.4 Å². The van der Waals surface area contributed by atoms with Gasteiger partial charge in [0.15, 0.2) is 0 Å². The lowest BCUT2D eigenvalue weighted by Crippen LogP contribution is -2.45. The molecule has 1 amide bonds. The maximum absolute atomic E-state index is 11.9. The average molecular weight is 402 g/mol. The molecule has 1 aliphatic rings. The Labute approximate surface area is 169 Å². The maximum atomic E-state index is 11.9. The third-order valence-corrected chi connectivity index (χ3v) is 4.46. The molecule has 2 heterocycles. The van der Waals surface area contributed by atoms with Crippen molar-refractivity contribution in [1.82, 2.24) is 10.3 Å². The van der Waals surface area contributed by atoms with Crippen LogP contribution in [0.5, 0.6) is 11.6 Å². The van der Waals surface area contributed by atoms with E-state index in [2.05, 4.69) is 10.3 Å². The third-order valence-electron chi connectivity index (χ3n) is 4.46. The van der Waals surface area contributed by atoms with Gasteiger partial charge >= 0.3 is 12.1 Å². The van der Waals surface area contributed by atoms with E-state index in [-0.39, 0.29) is 6.42 Å². The summed E-state index contributed by atoms with van der Waals surface area (Å²) in [6.45, 7) is 7.52. The van der Waals surface area contributed by atoms with E-state index in [1.807, 2.05) is 18.2 Å². The van der Waals surface area contributed by atoms with Gasteiger partial charge in [0.25, 0.3) is 0 Å². The molecular formula is C21H26N2O6. The Morgan fingerprint density at radius 3 is 2.72 bits per heavy atom. The topological polar surface area (TPSA) is 107 Å². The van der Waals surface area contributed by atoms with E-state index >= 15 is 0 Å². The van der Waals surface area contributed by atoms with Crippen molar-refractivity contribution < 1.29 is 28.9 Å². The van der Waals surface area contributed by atoms with Crippen LogP contribution in [-0.4, -0.2) is 46.5 Å². The van der Waals surface area contributed by atoms with E-state index in [1.54, 1.807) is 33.9 Å². The van der Waals surface area contributed by atoms with Gasteiger partial charge < -0.3 is 24.6 Å². The molecule has 0 bridgehead atoms. The van der Waals surface area contributed by atoms with Crippen molar-refractivity contribution >= 4 is 22.8 Å². The molecule has 2 N–H and O–H groups in total. The molecule has 1 aliphatic heterocycles. The number of fused-ring (bicyclic) bond motifs is 3. The SMILES string of the molecule is C[C@@H](C[C@H](NC(=O)OC(C)(C)C)C(=O)O)Oc1nccc2c3c(ccc12)OCC3. The fraction of sp³-hybridized carbons (Fsp3) is 0.476. The number of alkyl carbamates (subject to hydrolysis) is 1. The summed E-state index contributed by atoms with van der Waals surface area (Å²) in [5.41, 5.74) is 0.406. The van der Waals surface area contributed by atoms with Crippen LogP contribution in [0, 0.1) is 0 Å². The quantitative estimate of drug-likeness (QED) is 0.763. The number of carbonyl (C=O) groups excluding carboxylic acids is 1. The number of pyridine rings is 1. The van der Waals surface area contributed by atoms with E-state index in [9.17, 15) is 14.7 Å². The smallest absolute Gasteiger partial charge is 0.408 e. The number of carboxylic acid groups (broad SMARTS) is 1. The minimum atomic E-state index is -1.16. The third kappa shape index (κ3) is 5.07. The predicted octanol–water partition coefficient (Wildman–Crippen LogP) is 3.31. The van der Waals surface area contributed by atoms with Crippen LogP contribution in [0.3, 0.4) is 0 Å². The summed E-state index contributed by atoms with van der Waals surface area (Å²) in [5, 5.41) is 13.7. The first-order valence-corrected chi connectivity index (χ1v) is 9.56. The van der Waals surface area contributed by atoms with Crippen molar-refractivity contribution in [2.45, 2.75) is 58.3 Å². The molecule has 156 valence electrons. The molecule has 29 heavy (non-hydrogen) atoms. The van der Waals surface area contributed by atoms with Crippen LogP contribution >= 0.6 is 0 Å². The summed E-state index contributed by atoms with van der Waals surface area (Å²) in [7, 11) is 0. The number of aromatic nitrogens is 1. The maximum Gasteiger partial charge on any atom is 0.408 e. The number of carbonyl (C=O) groups is 2. The number of ether oxygens (including phenoxy) is 3. The molecule has 3 rings (SSSR count). The zero-order valence-electron chi connectivity index (χ0n) is 17.0. The molecule has 0 saturated carbocycles. The van der Waals surface area contributed by atoms with E-state index in [1.165, 1.54) is 0 Å². The zero-order chi connectivity index (χ0) is 21.2. The summed E-state index contributed by atoms with van der Waals surface area (Å²) in [6, 6.07) is 4.56. The van der Waals surface area contributed by atoms with Gasteiger partial charge in [-0.05, 0) is 51.3 Å². The largest absolute Gasteiger partial charge is 0.493 e. The first-order valence-electron chi connectivity index (χ1n) is 9.56. The second-order valence-electron chi connectivity index (χ2n) is 8.05. The molecule has 0 spiro atoms. The van der Waals surface area contributed by atoms with Crippen molar-refractivity contribution in [2.75, 3.05) is 6.61 Å². The van der Waals surface area contributed by atoms with Gasteiger partial charge in [-0.2, -0.15) is 0 Å². The van der Waals surface area contributed by atoms with E-state index in [0.29, 0.717) is 12.5 Å². The van der Waals surface area contributed by atoms with Crippen molar-refractivity contribution in [1.29, 1.82) is 0 Å². The Kier molecular flexibility index (Phi) is 5.81. The molecule has 0 fully saturated rings. The summed E-state index contributed by atoms with van der Waals surface area (Å²) in [4.78, 5) is 27.8. The van der Waals surface area contributed by atoms with Crippen LogP contribution < -0.4 is 14.8 Å². The number of rotatable bonds is 6. The van der Waals surface area contributed by atoms with Gasteiger partial charge in [-0.25, -0.2) is 14.6 Å². The minimum absolute atomic E-state index is 0.0562. The number of amides is 1. The van der Waals surface area contributed by atoms with Gasteiger partial charge in [-0.1, -0.05) is 0 Å². The van der Waals surface area contributed by atoms with Crippen molar-refractivity contribution in [3.63, 3.8) is 0 Å². The second-order valence-corrected chi connectivity index (χ2v) is 8.05. The lowest BCUT2D eigenvalue weighted by atomic mass is 10.0. The van der Waals surface area contributed by atoms with Gasteiger partial charge in [0.05, 0.1) is 6.61 Å². The van der Waals surface area contributed by atoms with E-state index in [4.69, 9.17) is 14.2 Å². The van der Waals surface area contributed by atoms with Gasteiger partial charge in [0.2, 0.25) is 5.88 Å². The van der Waals surface area contributed by atoms with Gasteiger partial charge in [0, 0.05) is 30.0 Å². The lowest BCUT2D eigenvalue weighted by molar-refractivity contribution is -0.140. The summed E-state index contributed by atoms with van der Waals surface area (Å²) < 4.78 is 16.7. The average Bonchev–Trinajstić information content (AvgIpc) is 3.08. The molecule has 0 saturated heterocycles. The van der Waals surface area contributed by atoms with Crippen LogP contribution in [0.1, 0.15) is 39.7 Å². The number of carboxylic acids is 1. The summed E-state index contributed by atoms with van der Waals surface area (Å²) in [5.74, 6) is 0.133. The molecule has 8 heteroatoms. The molecule has 8 nitrogen and oxygen atoms in total. The van der Waals surface area contributed by atoms with Gasteiger partial charge in [-0.3, -0.25) is 0 Å². The van der Waals surface area contributed by atoms with Gasteiger partial charge in [0.1, 0.15) is 23.5 Å². The predicted molar refractivity (Wildman–Crippen MR) is 106 cm³/mol. The van der Waals surface area contributed by atoms with Crippen molar-refractivity contribution in [2.24, 2.45) is 0 Å². The van der Waals surface area contributed by atoms with E-state index < -0.39 is 29.8 Å². The monoisotopic (exact) mass is 402 g/mol. The molecule has 2 aromatic rings. The molecule has 0 unspecified atom stereocenters. The summed E-state index contributed by atoms with van der Waals surface area (Å²) >= 11 is 0. The van der Waals surface area contributed by atoms with Crippen LogP contribution in [0.25, 0.3) is 10.8 Å². The Bertz CT molecular complexity index is 921. The summed E-state index contributed by atoms with van der Waals surface area (Å²) in [6.07, 6.45) is 1.26. The molecular weight excluding hydrogens is 376 g/mol. The number of aliphatic carboxylic acids is 1. The molecule has 0 aliphatic carbocycles. The van der Waals surface area contributed by atoms with E-state index in [0.717, 1.165) is 28.5 Å². The highest BCUT2D eigenvalue weighted by Crippen LogP contribution is 2.35. The zero-order valence-corrected chi connectivity index (χ0v) is 17.0. The highest BCUT2D eigenvalue weighted by atomic mass is 16.6. The number of hydrogen-bond donors (Lipinski definition) is 2. The van der Waals surface area contributed by atoms with Crippen LogP contribution in [0.2, 0.25) is 0 Å².